The van der Waals surface area contributed by atoms with Crippen LogP contribution in [0, 0.1) is 11.5 Å². The van der Waals surface area contributed by atoms with E-state index in [2.05, 4.69) is 61.3 Å². The summed E-state index contributed by atoms with van der Waals surface area (Å²) in [6.45, 7) is 7.85. The Hall–Kier alpha value is -3.19. The molecule has 1 amide bonds. The zero-order valence-corrected chi connectivity index (χ0v) is 17.2. The smallest absolute Gasteiger partial charge is 0.407 e. The summed E-state index contributed by atoms with van der Waals surface area (Å²) >= 11 is 0. The second kappa shape index (κ2) is 6.76. The Morgan fingerprint density at radius 3 is 2.86 bits per heavy atom. The predicted octanol–water partition coefficient (Wildman–Crippen LogP) is 1.45. The molecule has 1 N–H and O–H groups in total. The fourth-order valence-corrected chi connectivity index (χ4v) is 3.45. The van der Waals surface area contributed by atoms with Gasteiger partial charge in [0.15, 0.2) is 11.5 Å². The van der Waals surface area contributed by atoms with Crippen LogP contribution in [0.15, 0.2) is 18.6 Å². The second-order valence-corrected chi connectivity index (χ2v) is 12.5. The third kappa shape index (κ3) is 3.48. The Balaban J connectivity index is 1.67. The van der Waals surface area contributed by atoms with Crippen molar-refractivity contribution >= 4 is 36.8 Å². The SMILES string of the molecule is COC(=O)NC1CN(c2nc3ncc(C#C[Si](C)(C)C)cc3n3cnnc23)C1. The molecule has 0 aliphatic carbocycles. The maximum absolute atomic E-state index is 11.3. The van der Waals surface area contributed by atoms with Gasteiger partial charge >= 0.3 is 6.09 Å². The van der Waals surface area contributed by atoms with E-state index in [4.69, 9.17) is 0 Å². The van der Waals surface area contributed by atoms with Crippen molar-refractivity contribution in [3.8, 4) is 11.5 Å². The number of hydrogen-bond acceptors (Lipinski definition) is 7. The third-order valence-electron chi connectivity index (χ3n) is 4.34. The van der Waals surface area contributed by atoms with E-state index in [0.717, 1.165) is 11.1 Å². The van der Waals surface area contributed by atoms with Gasteiger partial charge in [-0.3, -0.25) is 4.40 Å². The summed E-state index contributed by atoms with van der Waals surface area (Å²) in [5.41, 5.74) is 6.28. The lowest BCUT2D eigenvalue weighted by Gasteiger charge is -2.39. The maximum Gasteiger partial charge on any atom is 0.407 e. The zero-order chi connectivity index (χ0) is 19.9. The minimum Gasteiger partial charge on any atom is -0.453 e. The van der Waals surface area contributed by atoms with Crippen molar-refractivity contribution in [1.82, 2.24) is 29.9 Å². The van der Waals surface area contributed by atoms with Gasteiger partial charge in [-0.05, 0) is 6.07 Å². The molecule has 28 heavy (non-hydrogen) atoms. The Bertz CT molecular complexity index is 1120. The van der Waals surface area contributed by atoms with E-state index in [9.17, 15) is 4.79 Å². The molecular formula is C18H21N7O2Si. The van der Waals surface area contributed by atoms with Crippen LogP contribution in [-0.4, -0.2) is 65.0 Å². The lowest BCUT2D eigenvalue weighted by Crippen LogP contribution is -2.59. The molecule has 4 heterocycles. The molecular weight excluding hydrogens is 374 g/mol. The summed E-state index contributed by atoms with van der Waals surface area (Å²) in [6.07, 6.45) is 2.97. The number of methoxy groups -OCH3 is 1. The van der Waals surface area contributed by atoms with E-state index in [1.807, 2.05) is 15.4 Å². The van der Waals surface area contributed by atoms with E-state index in [0.29, 0.717) is 30.2 Å². The van der Waals surface area contributed by atoms with Crippen LogP contribution >= 0.6 is 0 Å². The van der Waals surface area contributed by atoms with Crippen molar-refractivity contribution in [2.75, 3.05) is 25.1 Å². The monoisotopic (exact) mass is 395 g/mol. The number of amides is 1. The number of alkyl carbamates (subject to hydrolysis) is 1. The molecule has 10 heteroatoms. The molecule has 4 rings (SSSR count). The van der Waals surface area contributed by atoms with Crippen LogP contribution in [0.4, 0.5) is 10.6 Å². The average molecular weight is 395 g/mol. The van der Waals surface area contributed by atoms with Crippen molar-refractivity contribution in [3.63, 3.8) is 0 Å². The number of fused-ring (bicyclic) bond motifs is 3. The van der Waals surface area contributed by atoms with Crippen molar-refractivity contribution < 1.29 is 9.53 Å². The molecule has 0 unspecified atom stereocenters. The molecule has 3 aromatic heterocycles. The highest BCUT2D eigenvalue weighted by molar-refractivity contribution is 6.83. The Labute approximate surface area is 163 Å². The van der Waals surface area contributed by atoms with Gasteiger partial charge in [0.2, 0.25) is 5.65 Å². The first kappa shape index (κ1) is 18.2. The van der Waals surface area contributed by atoms with E-state index in [1.54, 1.807) is 12.5 Å². The van der Waals surface area contributed by atoms with Crippen molar-refractivity contribution in [2.24, 2.45) is 0 Å². The number of carbonyl (C=O) groups excluding carboxylic acids is 1. The van der Waals surface area contributed by atoms with Gasteiger partial charge < -0.3 is 15.0 Å². The van der Waals surface area contributed by atoms with Crippen LogP contribution in [-0.2, 0) is 4.74 Å². The molecule has 0 radical (unpaired) electrons. The Morgan fingerprint density at radius 1 is 1.36 bits per heavy atom. The molecule has 0 aromatic carbocycles. The summed E-state index contributed by atoms with van der Waals surface area (Å²) in [5.74, 6) is 3.92. The molecule has 1 aliphatic heterocycles. The van der Waals surface area contributed by atoms with E-state index < -0.39 is 14.2 Å². The maximum atomic E-state index is 11.3. The van der Waals surface area contributed by atoms with Crippen LogP contribution in [0.1, 0.15) is 5.56 Å². The molecule has 0 saturated carbocycles. The number of pyridine rings is 1. The molecule has 0 spiro atoms. The number of nitrogens with zero attached hydrogens (tertiary/aromatic N) is 6. The Morgan fingerprint density at radius 2 is 2.14 bits per heavy atom. The van der Waals surface area contributed by atoms with Gasteiger partial charge in [0.05, 0.1) is 18.7 Å². The highest BCUT2D eigenvalue weighted by Crippen LogP contribution is 2.26. The van der Waals surface area contributed by atoms with Gasteiger partial charge in [-0.2, -0.15) is 0 Å². The van der Waals surface area contributed by atoms with E-state index in [1.165, 1.54) is 7.11 Å². The van der Waals surface area contributed by atoms with Gasteiger partial charge in [0.1, 0.15) is 14.4 Å². The molecule has 1 saturated heterocycles. The van der Waals surface area contributed by atoms with Gasteiger partial charge in [-0.25, -0.2) is 14.8 Å². The highest BCUT2D eigenvalue weighted by Gasteiger charge is 2.31. The van der Waals surface area contributed by atoms with Gasteiger partial charge in [0, 0.05) is 24.8 Å². The first-order valence-corrected chi connectivity index (χ1v) is 12.5. The first-order valence-electron chi connectivity index (χ1n) is 8.96. The lowest BCUT2D eigenvalue weighted by molar-refractivity contribution is 0.164. The summed E-state index contributed by atoms with van der Waals surface area (Å²) in [4.78, 5) is 22.6. The third-order valence-corrected chi connectivity index (χ3v) is 5.21. The fraction of sp³-hybridized carbons (Fsp3) is 0.389. The van der Waals surface area contributed by atoms with Crippen LogP contribution in [0.3, 0.4) is 0 Å². The van der Waals surface area contributed by atoms with Crippen LogP contribution < -0.4 is 10.2 Å². The van der Waals surface area contributed by atoms with Crippen LogP contribution in [0.25, 0.3) is 16.8 Å². The predicted molar refractivity (Wildman–Crippen MR) is 108 cm³/mol. The highest BCUT2D eigenvalue weighted by atomic mass is 28.3. The summed E-state index contributed by atoms with van der Waals surface area (Å²) in [7, 11) is -0.120. The van der Waals surface area contributed by atoms with Crippen molar-refractivity contribution in [3.05, 3.63) is 24.2 Å². The largest absolute Gasteiger partial charge is 0.453 e. The minimum atomic E-state index is -1.47. The fourth-order valence-electron chi connectivity index (χ4n) is 2.93. The number of ether oxygens (including phenoxy) is 1. The topological polar surface area (TPSA) is 97.5 Å². The van der Waals surface area contributed by atoms with Crippen molar-refractivity contribution in [1.29, 1.82) is 0 Å². The molecule has 1 fully saturated rings. The number of carbonyl (C=O) groups is 1. The van der Waals surface area contributed by atoms with Gasteiger partial charge in [-0.1, -0.05) is 25.6 Å². The molecule has 9 nitrogen and oxygen atoms in total. The van der Waals surface area contributed by atoms with E-state index in [-0.39, 0.29) is 6.04 Å². The molecule has 0 bridgehead atoms. The molecule has 144 valence electrons. The molecule has 3 aromatic rings. The normalized spacial score (nSPS) is 14.5. The minimum absolute atomic E-state index is 0.0140. The quantitative estimate of drug-likeness (QED) is 0.518. The summed E-state index contributed by atoms with van der Waals surface area (Å²) in [5, 5.41) is 11.1. The first-order chi connectivity index (χ1) is 13.3. The zero-order valence-electron chi connectivity index (χ0n) is 16.2. The molecule has 0 atom stereocenters. The van der Waals surface area contributed by atoms with Crippen LogP contribution in [0.2, 0.25) is 19.6 Å². The Kier molecular flexibility index (Phi) is 4.39. The average Bonchev–Trinajstić information content (AvgIpc) is 3.11. The van der Waals surface area contributed by atoms with Gasteiger partial charge in [0.25, 0.3) is 0 Å². The van der Waals surface area contributed by atoms with Gasteiger partial charge in [-0.15, -0.1) is 15.7 Å². The number of anilines is 1. The standard InChI is InChI=1S/C18H21N7O2Si/c1-27-18(26)21-13-9-24(10-13)16-17-23-20-11-25(17)14-7-12(5-6-28(2,3)4)8-19-15(14)22-16/h7-8,11,13H,9-10H2,1-4H3,(H,21,26). The van der Waals surface area contributed by atoms with Crippen molar-refractivity contribution in [2.45, 2.75) is 25.7 Å². The lowest BCUT2D eigenvalue weighted by atomic mass is 10.1. The number of rotatable bonds is 2. The summed E-state index contributed by atoms with van der Waals surface area (Å²) < 4.78 is 6.52. The second-order valence-electron chi connectivity index (χ2n) is 7.76. The molecule has 1 aliphatic rings. The van der Waals surface area contributed by atoms with E-state index >= 15 is 0 Å². The van der Waals surface area contributed by atoms with Crippen LogP contribution in [0.5, 0.6) is 0 Å². The number of aromatic nitrogens is 5. The number of hydrogen-bond donors (Lipinski definition) is 1. The summed E-state index contributed by atoms with van der Waals surface area (Å²) in [6, 6.07) is 1.99. The number of nitrogens with one attached hydrogen (secondary N) is 1.